The van der Waals surface area contributed by atoms with Crippen molar-refractivity contribution in [1.82, 2.24) is 15.5 Å². The van der Waals surface area contributed by atoms with E-state index in [0.29, 0.717) is 23.5 Å². The van der Waals surface area contributed by atoms with Crippen molar-refractivity contribution in [3.8, 4) is 0 Å². The van der Waals surface area contributed by atoms with Gasteiger partial charge in [0, 0.05) is 20.1 Å². The second-order valence-corrected chi connectivity index (χ2v) is 7.93. The normalized spacial score (nSPS) is 23.5. The molecule has 1 amide bonds. The molecule has 1 aromatic carbocycles. The molecule has 162 valence electrons. The lowest BCUT2D eigenvalue weighted by Gasteiger charge is -2.25. The zero-order valence-corrected chi connectivity index (χ0v) is 19.0. The highest BCUT2D eigenvalue weighted by atomic mass is 127. The first-order valence-corrected chi connectivity index (χ1v) is 9.63. The molecule has 0 saturated heterocycles. The first-order valence-electron chi connectivity index (χ1n) is 9.63. The maximum absolute atomic E-state index is 12.9. The van der Waals surface area contributed by atoms with E-state index in [9.17, 15) is 18.0 Å². The van der Waals surface area contributed by atoms with Crippen molar-refractivity contribution in [1.29, 1.82) is 0 Å². The number of guanidine groups is 1. The molecule has 0 heterocycles. The minimum Gasteiger partial charge on any atom is -0.353 e. The van der Waals surface area contributed by atoms with E-state index >= 15 is 0 Å². The number of aliphatic imine (C=N–C) groups is 1. The monoisotopic (exact) mass is 524 g/mol. The van der Waals surface area contributed by atoms with Gasteiger partial charge in [-0.2, -0.15) is 13.2 Å². The Kier molecular flexibility index (Phi) is 8.18. The van der Waals surface area contributed by atoms with E-state index < -0.39 is 11.7 Å². The van der Waals surface area contributed by atoms with Crippen LogP contribution < -0.4 is 10.6 Å². The standard InChI is InChI=1S/C20H27F3N4O.HI/c1-27(2)18(28)12-25-19(26-17-10-13-6-7-15(17)8-13)24-11-14-4-3-5-16(9-14)20(21,22)23;/h3-5,9,13,15,17H,6-8,10-12H2,1-2H3,(H2,24,25,26);1H. The van der Waals surface area contributed by atoms with Gasteiger partial charge in [-0.1, -0.05) is 18.6 Å². The van der Waals surface area contributed by atoms with Crippen molar-refractivity contribution in [3.63, 3.8) is 0 Å². The molecule has 29 heavy (non-hydrogen) atoms. The van der Waals surface area contributed by atoms with Crippen LogP contribution >= 0.6 is 24.0 Å². The number of alkyl halides is 3. The number of hydrogen-bond donors (Lipinski definition) is 2. The highest BCUT2D eigenvalue weighted by Gasteiger charge is 2.39. The fourth-order valence-electron chi connectivity index (χ4n) is 4.08. The molecule has 0 aromatic heterocycles. The number of benzene rings is 1. The van der Waals surface area contributed by atoms with Gasteiger partial charge in [0.05, 0.1) is 18.7 Å². The van der Waals surface area contributed by atoms with Gasteiger partial charge in [-0.15, -0.1) is 24.0 Å². The summed E-state index contributed by atoms with van der Waals surface area (Å²) in [7, 11) is 3.35. The number of carbonyl (C=O) groups excluding carboxylic acids is 1. The molecule has 2 bridgehead atoms. The molecule has 0 aliphatic heterocycles. The fraction of sp³-hybridized carbons (Fsp3) is 0.600. The van der Waals surface area contributed by atoms with E-state index in [2.05, 4.69) is 15.6 Å². The molecule has 3 rings (SSSR count). The summed E-state index contributed by atoms with van der Waals surface area (Å²) in [4.78, 5) is 17.8. The maximum Gasteiger partial charge on any atom is 0.416 e. The minimum absolute atomic E-state index is 0. The quantitative estimate of drug-likeness (QED) is 0.352. The van der Waals surface area contributed by atoms with Gasteiger partial charge in [0.25, 0.3) is 0 Å². The van der Waals surface area contributed by atoms with Crippen LogP contribution in [0, 0.1) is 11.8 Å². The van der Waals surface area contributed by atoms with Crippen LogP contribution in [0.2, 0.25) is 0 Å². The van der Waals surface area contributed by atoms with Crippen LogP contribution in [0.3, 0.4) is 0 Å². The van der Waals surface area contributed by atoms with Crippen LogP contribution in [0.1, 0.15) is 36.8 Å². The van der Waals surface area contributed by atoms with E-state index in [1.165, 1.54) is 30.2 Å². The topological polar surface area (TPSA) is 56.7 Å². The summed E-state index contributed by atoms with van der Waals surface area (Å²) in [5.41, 5.74) is -0.207. The van der Waals surface area contributed by atoms with Gasteiger partial charge in [-0.05, 0) is 48.8 Å². The molecule has 1 aromatic rings. The molecule has 9 heteroatoms. The lowest BCUT2D eigenvalue weighted by molar-refractivity contribution is -0.137. The smallest absolute Gasteiger partial charge is 0.353 e. The molecule has 2 aliphatic rings. The van der Waals surface area contributed by atoms with Gasteiger partial charge in [0.1, 0.15) is 0 Å². The van der Waals surface area contributed by atoms with Crippen molar-refractivity contribution in [2.24, 2.45) is 16.8 Å². The molecule has 5 nitrogen and oxygen atoms in total. The first-order chi connectivity index (χ1) is 13.2. The minimum atomic E-state index is -4.37. The van der Waals surface area contributed by atoms with E-state index in [1.54, 1.807) is 20.2 Å². The summed E-state index contributed by atoms with van der Waals surface area (Å²) in [6, 6.07) is 5.48. The Morgan fingerprint density at radius 3 is 2.59 bits per heavy atom. The number of nitrogens with one attached hydrogen (secondary N) is 2. The largest absolute Gasteiger partial charge is 0.416 e. The van der Waals surface area contributed by atoms with E-state index in [1.807, 2.05) is 0 Å². The van der Waals surface area contributed by atoms with Crippen LogP contribution in [-0.4, -0.2) is 43.4 Å². The third kappa shape index (κ3) is 6.48. The molecular formula is C20H28F3IN4O. The van der Waals surface area contributed by atoms with E-state index in [0.717, 1.165) is 24.5 Å². The van der Waals surface area contributed by atoms with Crippen LogP contribution in [0.5, 0.6) is 0 Å². The lowest BCUT2D eigenvalue weighted by Crippen LogP contribution is -2.48. The summed E-state index contributed by atoms with van der Waals surface area (Å²) in [5.74, 6) is 1.73. The predicted molar refractivity (Wildman–Crippen MR) is 117 cm³/mol. The molecule has 3 atom stereocenters. The number of nitrogens with zero attached hydrogens (tertiary/aromatic N) is 2. The van der Waals surface area contributed by atoms with Gasteiger partial charge < -0.3 is 15.5 Å². The Labute approximate surface area is 186 Å². The Morgan fingerprint density at radius 2 is 2.00 bits per heavy atom. The number of fused-ring (bicyclic) bond motifs is 2. The van der Waals surface area contributed by atoms with Gasteiger partial charge in [-0.3, -0.25) is 4.79 Å². The average molecular weight is 524 g/mol. The number of halogens is 4. The van der Waals surface area contributed by atoms with Crippen molar-refractivity contribution >= 4 is 35.8 Å². The number of amides is 1. The molecule has 2 fully saturated rings. The summed E-state index contributed by atoms with van der Waals surface area (Å²) in [5, 5.41) is 6.43. The van der Waals surface area contributed by atoms with Crippen molar-refractivity contribution in [3.05, 3.63) is 35.4 Å². The van der Waals surface area contributed by atoms with Gasteiger partial charge >= 0.3 is 6.18 Å². The summed E-state index contributed by atoms with van der Waals surface area (Å²) in [6.45, 7) is 0.193. The van der Waals surface area contributed by atoms with Gasteiger partial charge in [-0.25, -0.2) is 4.99 Å². The van der Waals surface area contributed by atoms with Gasteiger partial charge in [0.2, 0.25) is 5.91 Å². The Bertz CT molecular complexity index is 739. The van der Waals surface area contributed by atoms with Crippen LogP contribution in [0.4, 0.5) is 13.2 Å². The summed E-state index contributed by atoms with van der Waals surface area (Å²) < 4.78 is 38.7. The Hall–Kier alpha value is -1.52. The number of carbonyl (C=O) groups is 1. The van der Waals surface area contributed by atoms with E-state index in [-0.39, 0.29) is 43.0 Å². The van der Waals surface area contributed by atoms with Crippen LogP contribution in [-0.2, 0) is 17.5 Å². The van der Waals surface area contributed by atoms with Crippen molar-refractivity contribution < 1.29 is 18.0 Å². The lowest BCUT2D eigenvalue weighted by atomic mass is 9.95. The van der Waals surface area contributed by atoms with Crippen LogP contribution in [0.15, 0.2) is 29.3 Å². The second-order valence-electron chi connectivity index (χ2n) is 7.93. The summed E-state index contributed by atoms with van der Waals surface area (Å²) >= 11 is 0. The zero-order chi connectivity index (χ0) is 20.3. The first kappa shape index (κ1) is 23.8. The molecule has 2 N–H and O–H groups in total. The fourth-order valence-corrected chi connectivity index (χ4v) is 4.08. The zero-order valence-electron chi connectivity index (χ0n) is 16.6. The highest BCUT2D eigenvalue weighted by molar-refractivity contribution is 14.0. The molecule has 2 saturated carbocycles. The molecular weight excluding hydrogens is 496 g/mol. The average Bonchev–Trinajstić information content (AvgIpc) is 3.26. The second kappa shape index (κ2) is 9.99. The highest BCUT2D eigenvalue weighted by Crippen LogP contribution is 2.44. The molecule has 3 unspecified atom stereocenters. The van der Waals surface area contributed by atoms with Gasteiger partial charge in [0.15, 0.2) is 5.96 Å². The van der Waals surface area contributed by atoms with Crippen molar-refractivity contribution in [2.45, 2.75) is 44.4 Å². The third-order valence-corrected chi connectivity index (χ3v) is 5.64. The molecule has 2 aliphatic carbocycles. The summed E-state index contributed by atoms with van der Waals surface area (Å²) in [6.07, 6.45) is 0.387. The molecule has 0 radical (unpaired) electrons. The predicted octanol–water partition coefficient (Wildman–Crippen LogP) is 3.64. The van der Waals surface area contributed by atoms with E-state index in [4.69, 9.17) is 0 Å². The van der Waals surface area contributed by atoms with Crippen molar-refractivity contribution in [2.75, 3.05) is 20.6 Å². The molecule has 0 spiro atoms. The SMILES string of the molecule is CN(C)C(=O)CNC(=NCc1cccc(C(F)(F)F)c1)NC1CC2CCC1C2.I. The number of likely N-dealkylation sites (N-methyl/N-ethyl adjacent to an activating group) is 1. The third-order valence-electron chi connectivity index (χ3n) is 5.64. The number of rotatable bonds is 5. The Balaban J connectivity index is 0.00000300. The number of hydrogen-bond acceptors (Lipinski definition) is 2. The maximum atomic E-state index is 12.9. The Morgan fingerprint density at radius 1 is 1.24 bits per heavy atom. The van der Waals surface area contributed by atoms with Crippen LogP contribution in [0.25, 0.3) is 0 Å².